The molecule has 0 amide bonds. The second-order valence-corrected chi connectivity index (χ2v) is 22.6. The van der Waals surface area contributed by atoms with Crippen molar-refractivity contribution in [2.75, 3.05) is 7.05 Å². The van der Waals surface area contributed by atoms with Gasteiger partial charge in [-0.2, -0.15) is 0 Å². The van der Waals surface area contributed by atoms with E-state index >= 15 is 0 Å². The summed E-state index contributed by atoms with van der Waals surface area (Å²) >= 11 is -0.826. The molecule has 4 saturated carbocycles. The van der Waals surface area contributed by atoms with Gasteiger partial charge in [-0.3, -0.25) is 4.90 Å². The number of hydrogen-bond donors (Lipinski definition) is 0. The Morgan fingerprint density at radius 3 is 1.77 bits per heavy atom. The van der Waals surface area contributed by atoms with Crippen molar-refractivity contribution in [1.82, 2.24) is 4.90 Å². The molecule has 12 atom stereocenters. The van der Waals surface area contributed by atoms with Crippen LogP contribution in [0.3, 0.4) is 0 Å². The molecule has 1 nitrogen and oxygen atoms in total. The van der Waals surface area contributed by atoms with Crippen LogP contribution in [0.2, 0.25) is 24.2 Å². The van der Waals surface area contributed by atoms with Gasteiger partial charge in [0.2, 0.25) is 0 Å². The minimum atomic E-state index is -1.40. The van der Waals surface area contributed by atoms with Gasteiger partial charge >= 0.3 is 37.9 Å². The number of halogens is 2. The zero-order chi connectivity index (χ0) is 24.2. The first kappa shape index (κ1) is 32.8. The first-order valence-corrected chi connectivity index (χ1v) is 23.7. The van der Waals surface area contributed by atoms with Gasteiger partial charge < -0.3 is 14.9 Å². The molecular weight excluding hydrogens is 565 g/mol. The number of hydrogen-bond acceptors (Lipinski definition) is 1. The van der Waals surface area contributed by atoms with Gasteiger partial charge in [0.25, 0.3) is 0 Å². The SMILES string of the molecule is CC1CCC2C(C1)C1C(C3CCCCC3C1[Si](C)(C)C1C(C)C(C)C(C)C1C)N2C.[CH3-].[CH3-].[Cl][Zr+2][Cl]. The summed E-state index contributed by atoms with van der Waals surface area (Å²) in [7, 11) is 11.0. The summed E-state index contributed by atoms with van der Waals surface area (Å²) in [6.45, 7) is 18.8. The van der Waals surface area contributed by atoms with Gasteiger partial charge in [-0.05, 0) is 97.1 Å². The van der Waals surface area contributed by atoms with E-state index in [0.717, 1.165) is 76.4 Å². The van der Waals surface area contributed by atoms with Gasteiger partial charge in [0.15, 0.2) is 0 Å². The molecule has 0 spiro atoms. The summed E-state index contributed by atoms with van der Waals surface area (Å²) in [6.07, 6.45) is 10.7. The van der Waals surface area contributed by atoms with Crippen molar-refractivity contribution < 1.29 is 20.8 Å². The molecular formula is C30H57Cl2NSiZr. The van der Waals surface area contributed by atoms with E-state index < -0.39 is 28.9 Å². The molecule has 0 N–H and O–H groups in total. The van der Waals surface area contributed by atoms with Crippen LogP contribution in [0.25, 0.3) is 0 Å². The van der Waals surface area contributed by atoms with E-state index in [2.05, 4.69) is 59.7 Å². The molecule has 35 heavy (non-hydrogen) atoms. The average molecular weight is 622 g/mol. The number of nitrogens with zero attached hydrogens (tertiary/aromatic N) is 1. The van der Waals surface area contributed by atoms with Crippen LogP contribution in [0.1, 0.15) is 79.6 Å². The van der Waals surface area contributed by atoms with Crippen LogP contribution in [0.15, 0.2) is 0 Å². The Balaban J connectivity index is 0.000000823. The van der Waals surface area contributed by atoms with E-state index in [1.807, 2.05) is 0 Å². The third-order valence-corrected chi connectivity index (χ3v) is 17.8. The molecule has 5 rings (SSSR count). The Kier molecular flexibility index (Phi) is 12.1. The molecule has 0 bridgehead atoms. The molecule has 5 aliphatic rings. The van der Waals surface area contributed by atoms with Crippen molar-refractivity contribution in [3.05, 3.63) is 14.9 Å². The van der Waals surface area contributed by atoms with Crippen molar-refractivity contribution >= 4 is 25.1 Å². The molecule has 0 aromatic carbocycles. The fourth-order valence-corrected chi connectivity index (χ4v) is 17.9. The topological polar surface area (TPSA) is 3.24 Å². The molecule has 1 saturated heterocycles. The molecule has 0 aromatic heterocycles. The Labute approximate surface area is 240 Å². The maximum absolute atomic E-state index is 4.93. The van der Waals surface area contributed by atoms with Crippen molar-refractivity contribution in [2.24, 2.45) is 53.3 Å². The third-order valence-electron chi connectivity index (χ3n) is 12.5. The van der Waals surface area contributed by atoms with Crippen LogP contribution in [-0.2, 0) is 20.8 Å². The van der Waals surface area contributed by atoms with Crippen LogP contribution in [0.4, 0.5) is 0 Å². The third kappa shape index (κ3) is 5.50. The Hall–Kier alpha value is 1.64. The van der Waals surface area contributed by atoms with E-state index in [0.29, 0.717) is 0 Å². The summed E-state index contributed by atoms with van der Waals surface area (Å²) in [6, 6.07) is 1.86. The Morgan fingerprint density at radius 1 is 0.714 bits per heavy atom. The van der Waals surface area contributed by atoms with Crippen molar-refractivity contribution in [3.63, 3.8) is 0 Å². The fourth-order valence-electron chi connectivity index (χ4n) is 11.2. The van der Waals surface area contributed by atoms with E-state index in [4.69, 9.17) is 17.0 Å². The standard InChI is InChI=1S/C28H51NSi.2CH3.2ClH.Zr/c1-16-13-14-24-23(15-16)25-26(29(24)6)21-11-9-10-12-22(21)28(25)30(7,8)27-19(4)17(2)18(3)20(27)5;;;;;/h16-28H,9-15H2,1-8H3;2*1H3;2*1H;/q;2*-1;;;+4/p-2. The van der Waals surface area contributed by atoms with Gasteiger partial charge in [-0.1, -0.05) is 67.0 Å². The molecule has 12 unspecified atom stereocenters. The summed E-state index contributed by atoms with van der Waals surface area (Å²) in [5.41, 5.74) is 2.14. The van der Waals surface area contributed by atoms with E-state index in [1.54, 1.807) is 19.3 Å². The van der Waals surface area contributed by atoms with Crippen LogP contribution < -0.4 is 0 Å². The zero-order valence-electron chi connectivity index (χ0n) is 24.7. The van der Waals surface area contributed by atoms with E-state index in [9.17, 15) is 0 Å². The Bertz CT molecular complexity index is 663. The number of likely N-dealkylation sites (tertiary alicyclic amines) is 1. The van der Waals surface area contributed by atoms with Crippen LogP contribution in [-0.4, -0.2) is 32.1 Å². The second kappa shape index (κ2) is 12.9. The van der Waals surface area contributed by atoms with Gasteiger partial charge in [0, 0.05) is 12.1 Å². The molecule has 5 fully saturated rings. The van der Waals surface area contributed by atoms with Crippen molar-refractivity contribution in [3.8, 4) is 0 Å². The van der Waals surface area contributed by atoms with Gasteiger partial charge in [-0.25, -0.2) is 0 Å². The van der Waals surface area contributed by atoms with Crippen LogP contribution in [0.5, 0.6) is 0 Å². The predicted molar refractivity (Wildman–Crippen MR) is 157 cm³/mol. The van der Waals surface area contributed by atoms with Crippen molar-refractivity contribution in [2.45, 2.75) is 116 Å². The van der Waals surface area contributed by atoms with Gasteiger partial charge in [-0.15, -0.1) is 0 Å². The summed E-state index contributed by atoms with van der Waals surface area (Å²) in [5.74, 6) is 8.87. The summed E-state index contributed by atoms with van der Waals surface area (Å²) in [5, 5.41) is 0. The van der Waals surface area contributed by atoms with E-state index in [1.165, 1.54) is 25.7 Å². The first-order valence-electron chi connectivity index (χ1n) is 14.3. The first-order chi connectivity index (χ1) is 15.6. The zero-order valence-corrected chi connectivity index (χ0v) is 29.6. The maximum atomic E-state index is 4.93. The summed E-state index contributed by atoms with van der Waals surface area (Å²) in [4.78, 5) is 2.99. The monoisotopic (exact) mass is 619 g/mol. The number of rotatable bonds is 2. The minimum absolute atomic E-state index is 0. The fraction of sp³-hybridized carbons (Fsp3) is 0.933. The quantitative estimate of drug-likeness (QED) is 0.219. The summed E-state index contributed by atoms with van der Waals surface area (Å²) < 4.78 is 0. The van der Waals surface area contributed by atoms with E-state index in [-0.39, 0.29) is 14.9 Å². The van der Waals surface area contributed by atoms with Gasteiger partial charge in [0.1, 0.15) is 0 Å². The molecule has 1 heterocycles. The average Bonchev–Trinajstić information content (AvgIpc) is 3.32. The normalized spacial score (nSPS) is 48.8. The predicted octanol–water partition coefficient (Wildman–Crippen LogP) is 9.83. The molecule has 1 aliphatic heterocycles. The van der Waals surface area contributed by atoms with Crippen LogP contribution >= 0.6 is 17.0 Å². The van der Waals surface area contributed by atoms with Crippen LogP contribution in [0, 0.1) is 68.1 Å². The molecule has 5 heteroatoms. The molecule has 0 radical (unpaired) electrons. The van der Waals surface area contributed by atoms with Gasteiger partial charge in [0.05, 0.1) is 8.07 Å². The number of fused-ring (bicyclic) bond motifs is 5. The van der Waals surface area contributed by atoms with Crippen molar-refractivity contribution in [1.29, 1.82) is 0 Å². The molecule has 4 aliphatic carbocycles. The second-order valence-electron chi connectivity index (χ2n) is 13.9. The molecule has 204 valence electrons. The Morgan fingerprint density at radius 2 is 1.23 bits per heavy atom. The molecule has 0 aromatic rings.